The molecule has 1 unspecified atom stereocenters. The van der Waals surface area contributed by atoms with E-state index < -0.39 is 23.2 Å². The van der Waals surface area contributed by atoms with E-state index in [-0.39, 0.29) is 22.5 Å². The largest absolute Gasteiger partial charge is 0.481 e. The molecule has 1 rings (SSSR count). The van der Waals surface area contributed by atoms with Crippen molar-refractivity contribution < 1.29 is 24.6 Å². The zero-order chi connectivity index (χ0) is 13.9. The summed E-state index contributed by atoms with van der Waals surface area (Å²) in [5.41, 5.74) is 0.00637. The number of aromatic carboxylic acids is 1. The Morgan fingerprint density at radius 1 is 1.22 bits per heavy atom. The lowest BCUT2D eigenvalue weighted by molar-refractivity contribution is -0.136. The van der Waals surface area contributed by atoms with E-state index in [0.29, 0.717) is 0 Å². The number of ketones is 1. The Balaban J connectivity index is 3.41. The second-order valence-corrected chi connectivity index (χ2v) is 5.06. The van der Waals surface area contributed by atoms with Crippen LogP contribution in [0.3, 0.4) is 0 Å². The van der Waals surface area contributed by atoms with Gasteiger partial charge in [-0.25, -0.2) is 4.79 Å². The SMILES string of the molecule is CC(Br)C(=O)c1cccc(C(=O)O)c1CC(=O)O. The van der Waals surface area contributed by atoms with E-state index in [1.54, 1.807) is 6.92 Å². The lowest BCUT2D eigenvalue weighted by Crippen LogP contribution is -2.17. The number of halogens is 1. The number of carboxylic acids is 2. The summed E-state index contributed by atoms with van der Waals surface area (Å²) >= 11 is 3.09. The van der Waals surface area contributed by atoms with Gasteiger partial charge >= 0.3 is 11.9 Å². The molecule has 2 N–H and O–H groups in total. The normalized spacial score (nSPS) is 11.9. The summed E-state index contributed by atoms with van der Waals surface area (Å²) in [6.07, 6.45) is -0.497. The number of rotatable bonds is 5. The first-order chi connectivity index (χ1) is 8.34. The van der Waals surface area contributed by atoms with Crippen molar-refractivity contribution in [2.24, 2.45) is 0 Å². The molecule has 0 aliphatic heterocycles. The highest BCUT2D eigenvalue weighted by Crippen LogP contribution is 2.20. The Morgan fingerprint density at radius 2 is 1.78 bits per heavy atom. The second-order valence-electron chi connectivity index (χ2n) is 3.69. The molecule has 0 aliphatic rings. The molecule has 5 nitrogen and oxygen atoms in total. The molecular weight excluding hydrogens is 304 g/mol. The lowest BCUT2D eigenvalue weighted by Gasteiger charge is -2.11. The van der Waals surface area contributed by atoms with E-state index in [9.17, 15) is 14.4 Å². The molecular formula is C12H11BrO5. The summed E-state index contributed by atoms with van der Waals surface area (Å²) in [7, 11) is 0. The molecule has 0 aliphatic carbocycles. The van der Waals surface area contributed by atoms with Crippen molar-refractivity contribution >= 4 is 33.7 Å². The van der Waals surface area contributed by atoms with Gasteiger partial charge in [0.15, 0.2) is 5.78 Å². The average Bonchev–Trinajstić information content (AvgIpc) is 2.27. The van der Waals surface area contributed by atoms with Crippen LogP contribution < -0.4 is 0 Å². The molecule has 0 saturated carbocycles. The first kappa shape index (κ1) is 14.4. The number of Topliss-reactive ketones (excluding diaryl/α,β-unsaturated/α-hetero) is 1. The third-order valence-electron chi connectivity index (χ3n) is 2.36. The lowest BCUT2D eigenvalue weighted by atomic mass is 9.94. The van der Waals surface area contributed by atoms with Crippen LogP contribution in [-0.2, 0) is 11.2 Å². The Morgan fingerprint density at radius 3 is 2.22 bits per heavy atom. The minimum atomic E-state index is -1.25. The maximum atomic E-state index is 11.9. The Kier molecular flexibility index (Phi) is 4.61. The predicted molar refractivity (Wildman–Crippen MR) is 67.5 cm³/mol. The number of carboxylic acid groups (broad SMARTS) is 2. The van der Waals surface area contributed by atoms with E-state index in [1.807, 2.05) is 0 Å². The molecule has 0 aromatic heterocycles. The van der Waals surface area contributed by atoms with E-state index in [0.717, 1.165) is 0 Å². The summed E-state index contributed by atoms with van der Waals surface area (Å²) in [6, 6.07) is 4.15. The molecule has 0 bridgehead atoms. The fourth-order valence-electron chi connectivity index (χ4n) is 1.57. The minimum absolute atomic E-state index is 0.0359. The van der Waals surface area contributed by atoms with Crippen molar-refractivity contribution in [3.63, 3.8) is 0 Å². The van der Waals surface area contributed by atoms with Crippen LogP contribution in [0.5, 0.6) is 0 Å². The van der Waals surface area contributed by atoms with Gasteiger partial charge in [-0.2, -0.15) is 0 Å². The summed E-state index contributed by atoms with van der Waals surface area (Å²) in [5.74, 6) is -2.77. The molecule has 1 aromatic carbocycles. The maximum Gasteiger partial charge on any atom is 0.336 e. The van der Waals surface area contributed by atoms with Crippen LogP contribution in [-0.4, -0.2) is 32.8 Å². The van der Waals surface area contributed by atoms with Gasteiger partial charge in [-0.05, 0) is 18.6 Å². The van der Waals surface area contributed by atoms with Gasteiger partial charge in [0.25, 0.3) is 0 Å². The third-order valence-corrected chi connectivity index (χ3v) is 2.78. The van der Waals surface area contributed by atoms with Crippen molar-refractivity contribution in [3.8, 4) is 0 Å². The Bertz CT molecular complexity index is 507. The van der Waals surface area contributed by atoms with Crippen LogP contribution in [0.15, 0.2) is 18.2 Å². The second kappa shape index (κ2) is 5.77. The molecule has 0 amide bonds. The third kappa shape index (κ3) is 3.16. The number of hydrogen-bond donors (Lipinski definition) is 2. The van der Waals surface area contributed by atoms with Crippen molar-refractivity contribution in [2.45, 2.75) is 18.2 Å². The van der Waals surface area contributed by atoms with Crippen LogP contribution in [0.2, 0.25) is 0 Å². The van der Waals surface area contributed by atoms with Crippen LogP contribution in [0.4, 0.5) is 0 Å². The minimum Gasteiger partial charge on any atom is -0.481 e. The number of aliphatic carboxylic acids is 1. The van der Waals surface area contributed by atoms with Gasteiger partial charge in [-0.15, -0.1) is 0 Å². The smallest absolute Gasteiger partial charge is 0.336 e. The van der Waals surface area contributed by atoms with Gasteiger partial charge in [-0.1, -0.05) is 28.1 Å². The van der Waals surface area contributed by atoms with Gasteiger partial charge in [0.2, 0.25) is 0 Å². The van der Waals surface area contributed by atoms with E-state index in [2.05, 4.69) is 15.9 Å². The highest BCUT2D eigenvalue weighted by atomic mass is 79.9. The van der Waals surface area contributed by atoms with Crippen molar-refractivity contribution in [3.05, 3.63) is 34.9 Å². The fraction of sp³-hybridized carbons (Fsp3) is 0.250. The van der Waals surface area contributed by atoms with Crippen LogP contribution in [0.1, 0.15) is 33.2 Å². The number of alkyl halides is 1. The summed E-state index contributed by atoms with van der Waals surface area (Å²) in [5, 5.41) is 17.8. The number of hydrogen-bond acceptors (Lipinski definition) is 3. The molecule has 0 heterocycles. The maximum absolute atomic E-state index is 11.9. The van der Waals surface area contributed by atoms with Gasteiger partial charge in [0.05, 0.1) is 16.8 Å². The topological polar surface area (TPSA) is 91.7 Å². The fourth-order valence-corrected chi connectivity index (χ4v) is 1.82. The number of carbonyl (C=O) groups excluding carboxylic acids is 1. The Hall–Kier alpha value is -1.69. The van der Waals surface area contributed by atoms with Crippen LogP contribution in [0, 0.1) is 0 Å². The van der Waals surface area contributed by atoms with Crippen LogP contribution in [0.25, 0.3) is 0 Å². The number of benzene rings is 1. The molecule has 0 spiro atoms. The molecule has 1 atom stereocenters. The van der Waals surface area contributed by atoms with Crippen molar-refractivity contribution in [1.82, 2.24) is 0 Å². The zero-order valence-electron chi connectivity index (χ0n) is 9.51. The molecule has 0 saturated heterocycles. The average molecular weight is 315 g/mol. The highest BCUT2D eigenvalue weighted by molar-refractivity contribution is 9.10. The molecule has 0 radical (unpaired) electrons. The van der Waals surface area contributed by atoms with Crippen molar-refractivity contribution in [1.29, 1.82) is 0 Å². The van der Waals surface area contributed by atoms with E-state index in [4.69, 9.17) is 10.2 Å². The van der Waals surface area contributed by atoms with Crippen molar-refractivity contribution in [2.75, 3.05) is 0 Å². The Labute approximate surface area is 112 Å². The molecule has 0 fully saturated rings. The van der Waals surface area contributed by atoms with E-state index in [1.165, 1.54) is 18.2 Å². The van der Waals surface area contributed by atoms with Gasteiger partial charge in [0, 0.05) is 5.56 Å². The first-order valence-corrected chi connectivity index (χ1v) is 6.01. The summed E-state index contributed by atoms with van der Waals surface area (Å²) in [6.45, 7) is 1.60. The summed E-state index contributed by atoms with van der Waals surface area (Å²) < 4.78 is 0. The zero-order valence-corrected chi connectivity index (χ0v) is 11.1. The summed E-state index contributed by atoms with van der Waals surface area (Å²) in [4.78, 5) is 33.2. The predicted octanol–water partition coefficient (Wildman–Crippen LogP) is 1.98. The quantitative estimate of drug-likeness (QED) is 0.640. The molecule has 18 heavy (non-hydrogen) atoms. The van der Waals surface area contributed by atoms with Crippen LogP contribution >= 0.6 is 15.9 Å². The molecule has 96 valence electrons. The highest BCUT2D eigenvalue weighted by Gasteiger charge is 2.22. The molecule has 6 heteroatoms. The van der Waals surface area contributed by atoms with Gasteiger partial charge < -0.3 is 10.2 Å². The molecule has 1 aromatic rings. The standard InChI is InChI=1S/C12H11BrO5/c1-6(13)11(16)7-3-2-4-8(12(17)18)9(7)5-10(14)15/h2-4,6H,5H2,1H3,(H,14,15)(H,17,18). The van der Waals surface area contributed by atoms with Gasteiger partial charge in [-0.3, -0.25) is 9.59 Å². The first-order valence-electron chi connectivity index (χ1n) is 5.09. The number of carbonyl (C=O) groups is 3. The van der Waals surface area contributed by atoms with E-state index >= 15 is 0 Å². The van der Waals surface area contributed by atoms with Gasteiger partial charge in [0.1, 0.15) is 0 Å². The monoisotopic (exact) mass is 314 g/mol.